The molecule has 0 amide bonds. The van der Waals surface area contributed by atoms with Crippen molar-refractivity contribution in [3.8, 4) is 0 Å². The van der Waals surface area contributed by atoms with Gasteiger partial charge in [-0.05, 0) is 44.9 Å². The van der Waals surface area contributed by atoms with E-state index >= 15 is 0 Å². The third kappa shape index (κ3) is 6.91. The van der Waals surface area contributed by atoms with E-state index in [1.54, 1.807) is 0 Å². The average Bonchev–Trinajstić information content (AvgIpc) is 2.24. The summed E-state index contributed by atoms with van der Waals surface area (Å²) in [5.74, 6) is 0.829. The second-order valence-electron chi connectivity index (χ2n) is 4.92. The van der Waals surface area contributed by atoms with Crippen LogP contribution in [0, 0.1) is 5.92 Å². The summed E-state index contributed by atoms with van der Waals surface area (Å²) in [4.78, 5) is 0. The summed E-state index contributed by atoms with van der Waals surface area (Å²) in [6, 6.07) is 0. The van der Waals surface area contributed by atoms with Crippen molar-refractivity contribution >= 4 is 0 Å². The van der Waals surface area contributed by atoms with Gasteiger partial charge in [-0.3, -0.25) is 0 Å². The fourth-order valence-electron chi connectivity index (χ4n) is 2.25. The number of aliphatic hydroxyl groups excluding tert-OH is 1. The minimum atomic E-state index is -0.150. The van der Waals surface area contributed by atoms with E-state index < -0.39 is 0 Å². The smallest absolute Gasteiger partial charge is 0.0512 e. The molecular weight excluding hydrogens is 188 g/mol. The van der Waals surface area contributed by atoms with Crippen molar-refractivity contribution in [2.75, 3.05) is 13.2 Å². The molecule has 0 heterocycles. The van der Waals surface area contributed by atoms with Gasteiger partial charge in [0.15, 0.2) is 0 Å². The van der Waals surface area contributed by atoms with Gasteiger partial charge in [0.1, 0.15) is 0 Å². The normalized spacial score (nSPS) is 20.4. The van der Waals surface area contributed by atoms with Crippen LogP contribution >= 0.6 is 0 Å². The van der Waals surface area contributed by atoms with E-state index in [2.05, 4.69) is 0 Å². The van der Waals surface area contributed by atoms with Gasteiger partial charge in [0.25, 0.3) is 0 Å². The maximum Gasteiger partial charge on any atom is 0.0512 e. The van der Waals surface area contributed by atoms with E-state index in [4.69, 9.17) is 9.84 Å². The number of hydrogen-bond donors (Lipinski definition) is 1. The third-order valence-electron chi connectivity index (χ3n) is 3.24. The summed E-state index contributed by atoms with van der Waals surface area (Å²) < 4.78 is 5.67. The minimum Gasteiger partial charge on any atom is -0.393 e. The first-order chi connectivity index (χ1) is 7.29. The molecule has 1 fully saturated rings. The first kappa shape index (κ1) is 13.0. The van der Waals surface area contributed by atoms with E-state index in [-0.39, 0.29) is 6.10 Å². The van der Waals surface area contributed by atoms with Gasteiger partial charge in [0.05, 0.1) is 6.10 Å². The zero-order chi connectivity index (χ0) is 10.9. The molecule has 0 spiro atoms. The fraction of sp³-hybridized carbons (Fsp3) is 1.00. The van der Waals surface area contributed by atoms with Gasteiger partial charge in [-0.15, -0.1) is 0 Å². The highest BCUT2D eigenvalue weighted by Crippen LogP contribution is 2.23. The number of aliphatic hydroxyl groups is 1. The van der Waals surface area contributed by atoms with Crippen LogP contribution in [-0.4, -0.2) is 24.4 Å². The minimum absolute atomic E-state index is 0.150. The molecule has 1 aliphatic carbocycles. The lowest BCUT2D eigenvalue weighted by atomic mass is 9.90. The lowest BCUT2D eigenvalue weighted by Crippen LogP contribution is -2.13. The molecule has 90 valence electrons. The molecule has 15 heavy (non-hydrogen) atoms. The maximum atomic E-state index is 9.07. The van der Waals surface area contributed by atoms with Crippen LogP contribution in [0.3, 0.4) is 0 Å². The molecule has 1 atom stereocenters. The van der Waals surface area contributed by atoms with Crippen LogP contribution in [0.25, 0.3) is 0 Å². The molecule has 0 radical (unpaired) electrons. The monoisotopic (exact) mass is 214 g/mol. The summed E-state index contributed by atoms with van der Waals surface area (Å²) in [7, 11) is 0. The Morgan fingerprint density at radius 1 is 1.20 bits per heavy atom. The number of unbranched alkanes of at least 4 members (excludes halogenated alkanes) is 1. The molecule has 0 bridgehead atoms. The van der Waals surface area contributed by atoms with Crippen LogP contribution in [0.1, 0.15) is 58.3 Å². The number of rotatable bonds is 7. The quantitative estimate of drug-likeness (QED) is 0.660. The molecule has 0 aliphatic heterocycles. The summed E-state index contributed by atoms with van der Waals surface area (Å²) in [5, 5.41) is 9.07. The molecule has 0 aromatic carbocycles. The number of ether oxygens (including phenoxy) is 1. The molecule has 0 aromatic heterocycles. The average molecular weight is 214 g/mol. The van der Waals surface area contributed by atoms with Gasteiger partial charge >= 0.3 is 0 Å². The highest BCUT2D eigenvalue weighted by molar-refractivity contribution is 4.64. The fourth-order valence-corrected chi connectivity index (χ4v) is 2.25. The zero-order valence-corrected chi connectivity index (χ0v) is 10.1. The Labute approximate surface area is 94.0 Å². The van der Waals surface area contributed by atoms with Crippen molar-refractivity contribution < 1.29 is 9.84 Å². The zero-order valence-electron chi connectivity index (χ0n) is 10.1. The van der Waals surface area contributed by atoms with Crippen molar-refractivity contribution in [1.82, 2.24) is 0 Å². The van der Waals surface area contributed by atoms with Gasteiger partial charge in [-0.2, -0.15) is 0 Å². The predicted octanol–water partition coefficient (Wildman–Crippen LogP) is 3.13. The number of hydrogen-bond acceptors (Lipinski definition) is 2. The SMILES string of the molecule is CC(O)CCCCOCC1CCCCC1. The van der Waals surface area contributed by atoms with Gasteiger partial charge in [-0.1, -0.05) is 19.3 Å². The Balaban J connectivity index is 1.83. The molecule has 0 saturated heterocycles. The lowest BCUT2D eigenvalue weighted by Gasteiger charge is -2.21. The second-order valence-corrected chi connectivity index (χ2v) is 4.92. The Bertz CT molecular complexity index is 139. The van der Waals surface area contributed by atoms with Gasteiger partial charge in [0.2, 0.25) is 0 Å². The molecular formula is C13H26O2. The molecule has 2 heteroatoms. The van der Waals surface area contributed by atoms with E-state index in [1.807, 2.05) is 6.92 Å². The Morgan fingerprint density at radius 2 is 1.93 bits per heavy atom. The van der Waals surface area contributed by atoms with Crippen molar-refractivity contribution in [2.45, 2.75) is 64.4 Å². The van der Waals surface area contributed by atoms with Crippen LogP contribution < -0.4 is 0 Å². The Kier molecular flexibility index (Phi) is 7.03. The van der Waals surface area contributed by atoms with E-state index in [0.29, 0.717) is 0 Å². The molecule has 1 aliphatic rings. The van der Waals surface area contributed by atoms with Crippen LogP contribution in [-0.2, 0) is 4.74 Å². The van der Waals surface area contributed by atoms with Crippen molar-refractivity contribution in [2.24, 2.45) is 5.92 Å². The van der Waals surface area contributed by atoms with Gasteiger partial charge < -0.3 is 9.84 Å². The van der Waals surface area contributed by atoms with Crippen molar-refractivity contribution in [3.05, 3.63) is 0 Å². The third-order valence-corrected chi connectivity index (χ3v) is 3.24. The highest BCUT2D eigenvalue weighted by atomic mass is 16.5. The Hall–Kier alpha value is -0.0800. The Morgan fingerprint density at radius 3 is 2.60 bits per heavy atom. The lowest BCUT2D eigenvalue weighted by molar-refractivity contribution is 0.0800. The van der Waals surface area contributed by atoms with Gasteiger partial charge in [0, 0.05) is 13.2 Å². The topological polar surface area (TPSA) is 29.5 Å². The summed E-state index contributed by atoms with van der Waals surface area (Å²) in [5.41, 5.74) is 0. The van der Waals surface area contributed by atoms with E-state index in [0.717, 1.165) is 38.4 Å². The second kappa shape index (κ2) is 8.12. The maximum absolute atomic E-state index is 9.07. The summed E-state index contributed by atoms with van der Waals surface area (Å²) in [6.07, 6.45) is 9.90. The van der Waals surface area contributed by atoms with Crippen LogP contribution in [0.15, 0.2) is 0 Å². The van der Waals surface area contributed by atoms with Gasteiger partial charge in [-0.25, -0.2) is 0 Å². The molecule has 1 N–H and O–H groups in total. The summed E-state index contributed by atoms with van der Waals surface area (Å²) in [6.45, 7) is 3.70. The molecule has 1 saturated carbocycles. The first-order valence-electron chi connectivity index (χ1n) is 6.55. The predicted molar refractivity (Wildman–Crippen MR) is 62.9 cm³/mol. The highest BCUT2D eigenvalue weighted by Gasteiger charge is 2.12. The summed E-state index contributed by atoms with van der Waals surface area (Å²) >= 11 is 0. The largest absolute Gasteiger partial charge is 0.393 e. The molecule has 1 rings (SSSR count). The standard InChI is InChI=1S/C13H26O2/c1-12(14)7-5-6-10-15-11-13-8-3-2-4-9-13/h12-14H,2-11H2,1H3. The molecule has 1 unspecified atom stereocenters. The molecule has 0 aromatic rings. The van der Waals surface area contributed by atoms with Crippen LogP contribution in [0.4, 0.5) is 0 Å². The first-order valence-corrected chi connectivity index (χ1v) is 6.55. The van der Waals surface area contributed by atoms with Crippen LogP contribution in [0.2, 0.25) is 0 Å². The van der Waals surface area contributed by atoms with E-state index in [9.17, 15) is 0 Å². The van der Waals surface area contributed by atoms with Crippen LogP contribution in [0.5, 0.6) is 0 Å². The van der Waals surface area contributed by atoms with Crippen molar-refractivity contribution in [3.63, 3.8) is 0 Å². The molecule has 2 nitrogen and oxygen atoms in total. The van der Waals surface area contributed by atoms with Crippen molar-refractivity contribution in [1.29, 1.82) is 0 Å². The van der Waals surface area contributed by atoms with E-state index in [1.165, 1.54) is 32.1 Å².